The number of hydrogen-bond donors (Lipinski definition) is 1. The molecule has 2 rings (SSSR count). The van der Waals surface area contributed by atoms with Crippen LogP contribution in [0.4, 0.5) is 0 Å². The van der Waals surface area contributed by atoms with Crippen LogP contribution in [-0.4, -0.2) is 30.5 Å². The fourth-order valence-electron chi connectivity index (χ4n) is 1.62. The number of nitrogens with zero attached hydrogens (tertiary/aromatic N) is 1. The van der Waals surface area contributed by atoms with E-state index in [1.54, 1.807) is 5.98 Å². The summed E-state index contributed by atoms with van der Waals surface area (Å²) >= 11 is 0. The van der Waals surface area contributed by atoms with Crippen LogP contribution in [0.3, 0.4) is 0 Å². The van der Waals surface area contributed by atoms with E-state index in [0.29, 0.717) is 12.5 Å². The minimum absolute atomic E-state index is 0.125. The Labute approximate surface area is 102 Å². The van der Waals surface area contributed by atoms with E-state index in [1.807, 2.05) is 44.2 Å². The van der Waals surface area contributed by atoms with E-state index in [0.717, 1.165) is 18.6 Å². The number of ether oxygens (including phenoxy) is 1. The highest BCUT2D eigenvalue weighted by Crippen LogP contribution is 2.20. The van der Waals surface area contributed by atoms with E-state index in [4.69, 9.17) is 9.76 Å². The SMILES string of the molecule is CC1(C)COC(c2ccc(C=C[B]O)cc2)=N1. The number of hydrogen-bond acceptors (Lipinski definition) is 3. The summed E-state index contributed by atoms with van der Waals surface area (Å²) in [5.74, 6) is 2.29. The van der Waals surface area contributed by atoms with Gasteiger partial charge in [0.15, 0.2) is 0 Å². The van der Waals surface area contributed by atoms with E-state index < -0.39 is 0 Å². The molecule has 0 bridgehead atoms. The predicted molar refractivity (Wildman–Crippen MR) is 70.0 cm³/mol. The van der Waals surface area contributed by atoms with Gasteiger partial charge in [-0.05, 0) is 31.5 Å². The van der Waals surface area contributed by atoms with Crippen LogP contribution in [-0.2, 0) is 4.74 Å². The van der Waals surface area contributed by atoms with Crippen molar-refractivity contribution in [1.82, 2.24) is 0 Å². The van der Waals surface area contributed by atoms with Crippen molar-refractivity contribution in [2.45, 2.75) is 19.4 Å². The van der Waals surface area contributed by atoms with Crippen LogP contribution < -0.4 is 0 Å². The van der Waals surface area contributed by atoms with E-state index in [1.165, 1.54) is 0 Å². The summed E-state index contributed by atoms with van der Waals surface area (Å²) in [5.41, 5.74) is 1.89. The monoisotopic (exact) mass is 228 g/mol. The van der Waals surface area contributed by atoms with Crippen molar-refractivity contribution in [2.75, 3.05) is 6.61 Å². The van der Waals surface area contributed by atoms with Crippen LogP contribution in [0.15, 0.2) is 35.2 Å². The third kappa shape index (κ3) is 2.97. The van der Waals surface area contributed by atoms with Crippen LogP contribution in [0.1, 0.15) is 25.0 Å². The molecule has 1 aliphatic heterocycles. The number of rotatable bonds is 3. The van der Waals surface area contributed by atoms with Gasteiger partial charge in [0.25, 0.3) is 0 Å². The molecule has 0 saturated carbocycles. The molecule has 0 atom stereocenters. The first-order chi connectivity index (χ1) is 8.11. The van der Waals surface area contributed by atoms with Crippen molar-refractivity contribution in [3.63, 3.8) is 0 Å². The van der Waals surface area contributed by atoms with Gasteiger partial charge in [-0.15, -0.1) is 0 Å². The van der Waals surface area contributed by atoms with Crippen LogP contribution in [0.25, 0.3) is 6.08 Å². The quantitative estimate of drug-likeness (QED) is 0.801. The summed E-state index contributed by atoms with van der Waals surface area (Å²) in [6.45, 7) is 4.73. The molecule has 0 amide bonds. The summed E-state index contributed by atoms with van der Waals surface area (Å²) in [6.07, 6.45) is 1.82. The molecule has 0 aromatic heterocycles. The molecule has 0 unspecified atom stereocenters. The van der Waals surface area contributed by atoms with E-state index >= 15 is 0 Å². The van der Waals surface area contributed by atoms with Crippen molar-refractivity contribution in [3.05, 3.63) is 41.4 Å². The third-order valence-electron chi connectivity index (χ3n) is 2.50. The zero-order valence-electron chi connectivity index (χ0n) is 10.1. The maximum absolute atomic E-state index is 8.56. The van der Waals surface area contributed by atoms with E-state index in [9.17, 15) is 0 Å². The minimum Gasteiger partial charge on any atom is -0.475 e. The molecule has 17 heavy (non-hydrogen) atoms. The van der Waals surface area contributed by atoms with Gasteiger partial charge >= 0.3 is 7.48 Å². The van der Waals surface area contributed by atoms with E-state index in [2.05, 4.69) is 4.99 Å². The first-order valence-electron chi connectivity index (χ1n) is 5.58. The Morgan fingerprint density at radius 3 is 2.59 bits per heavy atom. The van der Waals surface area contributed by atoms with Crippen LogP contribution in [0.2, 0.25) is 0 Å². The Morgan fingerprint density at radius 1 is 1.35 bits per heavy atom. The fraction of sp³-hybridized carbons (Fsp3) is 0.308. The van der Waals surface area contributed by atoms with Crippen LogP contribution in [0.5, 0.6) is 0 Å². The molecule has 87 valence electrons. The first-order valence-corrected chi connectivity index (χ1v) is 5.58. The lowest BCUT2D eigenvalue weighted by Crippen LogP contribution is -2.17. The Bertz CT molecular complexity index is 449. The van der Waals surface area contributed by atoms with Crippen molar-refractivity contribution in [3.8, 4) is 0 Å². The largest absolute Gasteiger partial charge is 0.475 e. The summed E-state index contributed by atoms with van der Waals surface area (Å²) in [4.78, 5) is 4.51. The highest BCUT2D eigenvalue weighted by Gasteiger charge is 2.26. The van der Waals surface area contributed by atoms with Gasteiger partial charge in [0.2, 0.25) is 5.90 Å². The van der Waals surface area contributed by atoms with Crippen molar-refractivity contribution < 1.29 is 9.76 Å². The van der Waals surface area contributed by atoms with Gasteiger partial charge in [0.1, 0.15) is 6.61 Å². The molecule has 1 radical (unpaired) electrons. The molecule has 0 saturated heterocycles. The molecule has 0 fully saturated rings. The van der Waals surface area contributed by atoms with Crippen molar-refractivity contribution >= 4 is 19.5 Å². The second kappa shape index (κ2) is 4.76. The molecule has 1 heterocycles. The Hall–Kier alpha value is -1.55. The summed E-state index contributed by atoms with van der Waals surface area (Å²) in [7, 11) is 1.01. The predicted octanol–water partition coefficient (Wildman–Crippen LogP) is 1.82. The lowest BCUT2D eigenvalue weighted by atomic mass is 10.00. The van der Waals surface area contributed by atoms with Crippen LogP contribution in [0, 0.1) is 0 Å². The fourth-order valence-corrected chi connectivity index (χ4v) is 1.62. The summed E-state index contributed by atoms with van der Waals surface area (Å²) in [5, 5.41) is 8.56. The lowest BCUT2D eigenvalue weighted by Gasteiger charge is -2.07. The molecule has 0 aliphatic carbocycles. The van der Waals surface area contributed by atoms with Gasteiger partial charge in [-0.3, -0.25) is 0 Å². The normalized spacial score (nSPS) is 17.9. The van der Waals surface area contributed by atoms with Gasteiger partial charge in [0.05, 0.1) is 5.54 Å². The molecular weight excluding hydrogens is 213 g/mol. The zero-order chi connectivity index (χ0) is 12.3. The maximum atomic E-state index is 8.56. The standard InChI is InChI=1S/C13H15BNO2/c1-13(2)9-17-12(15-13)11-5-3-10(4-6-11)7-8-14-16/h3-8,16H,9H2,1-2H3. The van der Waals surface area contributed by atoms with Crippen molar-refractivity contribution in [1.29, 1.82) is 0 Å². The molecule has 1 aromatic rings. The number of aliphatic imine (C=N–C) groups is 1. The highest BCUT2D eigenvalue weighted by molar-refractivity contribution is 6.34. The van der Waals surface area contributed by atoms with Gasteiger partial charge in [-0.25, -0.2) is 4.99 Å². The first kappa shape index (κ1) is 11.9. The van der Waals surface area contributed by atoms with Gasteiger partial charge in [-0.2, -0.15) is 0 Å². The Balaban J connectivity index is 2.16. The summed E-state index contributed by atoms with van der Waals surface area (Å²) < 4.78 is 5.56. The zero-order valence-corrected chi connectivity index (χ0v) is 10.1. The van der Waals surface area contributed by atoms with Crippen molar-refractivity contribution in [2.24, 2.45) is 4.99 Å². The van der Waals surface area contributed by atoms with Gasteiger partial charge in [0, 0.05) is 5.56 Å². The molecule has 1 N–H and O–H groups in total. The van der Waals surface area contributed by atoms with Gasteiger partial charge < -0.3 is 9.76 Å². The van der Waals surface area contributed by atoms with Crippen LogP contribution >= 0.6 is 0 Å². The number of benzene rings is 1. The summed E-state index contributed by atoms with van der Waals surface area (Å²) in [6, 6.07) is 7.87. The second-order valence-electron chi connectivity index (χ2n) is 4.65. The van der Waals surface area contributed by atoms with E-state index in [-0.39, 0.29) is 5.54 Å². The average molecular weight is 228 g/mol. The average Bonchev–Trinajstić information content (AvgIpc) is 2.68. The maximum Gasteiger partial charge on any atom is 0.318 e. The minimum atomic E-state index is -0.125. The molecule has 1 aliphatic rings. The van der Waals surface area contributed by atoms with Gasteiger partial charge in [-0.1, -0.05) is 24.2 Å². The molecule has 3 nitrogen and oxygen atoms in total. The lowest BCUT2D eigenvalue weighted by molar-refractivity contribution is 0.279. The second-order valence-corrected chi connectivity index (χ2v) is 4.65. The molecule has 1 aromatic carbocycles. The highest BCUT2D eigenvalue weighted by atomic mass is 16.5. The smallest absolute Gasteiger partial charge is 0.318 e. The molecule has 0 spiro atoms. The topological polar surface area (TPSA) is 41.8 Å². The molecular formula is C13H15BNO2. The third-order valence-corrected chi connectivity index (χ3v) is 2.50. The Kier molecular flexibility index (Phi) is 3.34. The Morgan fingerprint density at radius 2 is 2.06 bits per heavy atom. The molecule has 4 heteroatoms.